The predicted molar refractivity (Wildman–Crippen MR) is 110 cm³/mol. The molecule has 0 amide bonds. The molecule has 0 atom stereocenters. The molecule has 4 aromatic rings. The molecule has 2 aromatic heterocycles. The van der Waals surface area contributed by atoms with Gasteiger partial charge in [-0.1, -0.05) is 0 Å². The lowest BCUT2D eigenvalue weighted by Crippen LogP contribution is -2.12. The minimum absolute atomic E-state index is 0.00204. The summed E-state index contributed by atoms with van der Waals surface area (Å²) in [6, 6.07) is 10.7. The van der Waals surface area contributed by atoms with Crippen molar-refractivity contribution < 1.29 is 14.3 Å². The Labute approximate surface area is 166 Å². The first kappa shape index (κ1) is 18.6. The Balaban J connectivity index is 1.75. The number of aromatic nitrogens is 3. The second-order valence-electron chi connectivity index (χ2n) is 6.72. The standard InChI is InChI=1S/C22H19N3O4/c1-12(26)14-4-5-17-15(8-14)6-13(11-23-17)7-21-24-18-10-20(29-3)19(28-2)9-16(18)22(27)25-21/h4-6,8-11H,7H2,1-3H3,(H,24,25,27). The molecule has 0 fully saturated rings. The van der Waals surface area contributed by atoms with E-state index >= 15 is 0 Å². The SMILES string of the molecule is COc1cc2nc(Cc3cnc4ccc(C(C)=O)cc4c3)[nH]c(=O)c2cc1OC. The van der Waals surface area contributed by atoms with Gasteiger partial charge < -0.3 is 14.5 Å². The molecule has 0 aliphatic carbocycles. The number of aromatic amines is 1. The summed E-state index contributed by atoms with van der Waals surface area (Å²) < 4.78 is 10.6. The fourth-order valence-corrected chi connectivity index (χ4v) is 3.28. The van der Waals surface area contributed by atoms with Crippen molar-refractivity contribution >= 4 is 27.6 Å². The number of hydrogen-bond donors (Lipinski definition) is 1. The van der Waals surface area contributed by atoms with Crippen LogP contribution in [0.5, 0.6) is 11.5 Å². The third kappa shape index (κ3) is 3.54. The molecule has 0 radical (unpaired) electrons. The number of benzene rings is 2. The van der Waals surface area contributed by atoms with Gasteiger partial charge in [-0.05, 0) is 42.8 Å². The summed E-state index contributed by atoms with van der Waals surface area (Å²) in [6.45, 7) is 1.53. The van der Waals surface area contributed by atoms with Crippen LogP contribution in [0.4, 0.5) is 0 Å². The highest BCUT2D eigenvalue weighted by molar-refractivity contribution is 5.97. The fourth-order valence-electron chi connectivity index (χ4n) is 3.28. The summed E-state index contributed by atoms with van der Waals surface area (Å²) in [5, 5.41) is 1.29. The van der Waals surface area contributed by atoms with Gasteiger partial charge in [0, 0.05) is 29.6 Å². The summed E-state index contributed by atoms with van der Waals surface area (Å²) in [5.74, 6) is 1.49. The van der Waals surface area contributed by atoms with E-state index in [0.29, 0.717) is 40.2 Å². The number of pyridine rings is 1. The van der Waals surface area contributed by atoms with Gasteiger partial charge >= 0.3 is 0 Å². The Hall–Kier alpha value is -3.74. The van der Waals surface area contributed by atoms with Crippen LogP contribution in [-0.4, -0.2) is 35.0 Å². The van der Waals surface area contributed by atoms with Gasteiger partial charge in [0.25, 0.3) is 5.56 Å². The van der Waals surface area contributed by atoms with Crippen LogP contribution in [0, 0.1) is 0 Å². The zero-order valence-corrected chi connectivity index (χ0v) is 16.3. The molecule has 0 spiro atoms. The lowest BCUT2D eigenvalue weighted by molar-refractivity contribution is 0.101. The first-order valence-electron chi connectivity index (χ1n) is 9.03. The Morgan fingerprint density at radius 3 is 2.52 bits per heavy atom. The van der Waals surface area contributed by atoms with E-state index in [2.05, 4.69) is 15.0 Å². The summed E-state index contributed by atoms with van der Waals surface area (Å²) in [7, 11) is 3.05. The molecule has 4 rings (SSSR count). The number of methoxy groups -OCH3 is 2. The van der Waals surface area contributed by atoms with Crippen molar-refractivity contribution in [1.82, 2.24) is 15.0 Å². The zero-order valence-electron chi connectivity index (χ0n) is 16.3. The van der Waals surface area contributed by atoms with E-state index in [-0.39, 0.29) is 11.3 Å². The average Bonchev–Trinajstić information content (AvgIpc) is 2.72. The molecule has 0 bridgehead atoms. The van der Waals surface area contributed by atoms with Crippen molar-refractivity contribution in [2.45, 2.75) is 13.3 Å². The van der Waals surface area contributed by atoms with Crippen molar-refractivity contribution in [3.05, 3.63) is 69.9 Å². The number of hydrogen-bond acceptors (Lipinski definition) is 6. The highest BCUT2D eigenvalue weighted by atomic mass is 16.5. The van der Waals surface area contributed by atoms with Gasteiger partial charge in [0.1, 0.15) is 5.82 Å². The molecule has 2 aromatic carbocycles. The molecular weight excluding hydrogens is 370 g/mol. The smallest absolute Gasteiger partial charge is 0.258 e. The highest BCUT2D eigenvalue weighted by Gasteiger charge is 2.12. The van der Waals surface area contributed by atoms with E-state index < -0.39 is 0 Å². The summed E-state index contributed by atoms with van der Waals surface area (Å²) in [4.78, 5) is 36.0. The number of Topliss-reactive ketones (excluding diaryl/α,β-unsaturated/α-hetero) is 1. The third-order valence-electron chi connectivity index (χ3n) is 4.78. The lowest BCUT2D eigenvalue weighted by Gasteiger charge is -2.09. The highest BCUT2D eigenvalue weighted by Crippen LogP contribution is 2.30. The van der Waals surface area contributed by atoms with Crippen molar-refractivity contribution in [2.24, 2.45) is 0 Å². The van der Waals surface area contributed by atoms with Crippen molar-refractivity contribution in [1.29, 1.82) is 0 Å². The molecule has 0 saturated heterocycles. The first-order valence-corrected chi connectivity index (χ1v) is 9.03. The van der Waals surface area contributed by atoms with Gasteiger partial charge in [-0.25, -0.2) is 4.98 Å². The van der Waals surface area contributed by atoms with Crippen LogP contribution in [0.15, 0.2) is 47.4 Å². The zero-order chi connectivity index (χ0) is 20.5. The Kier molecular flexibility index (Phi) is 4.72. The van der Waals surface area contributed by atoms with Gasteiger partial charge in [-0.3, -0.25) is 14.6 Å². The van der Waals surface area contributed by atoms with Gasteiger partial charge in [-0.15, -0.1) is 0 Å². The maximum absolute atomic E-state index is 12.5. The van der Waals surface area contributed by atoms with E-state index in [1.54, 1.807) is 24.4 Å². The first-order chi connectivity index (χ1) is 14.0. The number of fused-ring (bicyclic) bond motifs is 2. The second-order valence-corrected chi connectivity index (χ2v) is 6.72. The number of carbonyl (C=O) groups is 1. The molecule has 0 unspecified atom stereocenters. The van der Waals surface area contributed by atoms with E-state index in [9.17, 15) is 9.59 Å². The number of nitrogens with one attached hydrogen (secondary N) is 1. The average molecular weight is 389 g/mol. The van der Waals surface area contributed by atoms with Crippen molar-refractivity contribution in [2.75, 3.05) is 14.2 Å². The summed E-state index contributed by atoms with van der Waals surface area (Å²) in [6.07, 6.45) is 2.14. The number of carbonyl (C=O) groups excluding carboxylic acids is 1. The van der Waals surface area contributed by atoms with Gasteiger partial charge in [0.2, 0.25) is 0 Å². The number of ketones is 1. The van der Waals surface area contributed by atoms with Gasteiger partial charge in [-0.2, -0.15) is 0 Å². The predicted octanol–water partition coefficient (Wildman–Crippen LogP) is 3.28. The molecule has 0 aliphatic rings. The molecule has 7 nitrogen and oxygen atoms in total. The quantitative estimate of drug-likeness (QED) is 0.527. The van der Waals surface area contributed by atoms with Crippen LogP contribution in [0.25, 0.3) is 21.8 Å². The number of H-pyrrole nitrogens is 1. The van der Waals surface area contributed by atoms with Crippen LogP contribution in [0.3, 0.4) is 0 Å². The monoisotopic (exact) mass is 389 g/mol. The largest absolute Gasteiger partial charge is 0.493 e. The van der Waals surface area contributed by atoms with E-state index in [0.717, 1.165) is 16.5 Å². The van der Waals surface area contributed by atoms with Crippen LogP contribution in [0.1, 0.15) is 28.7 Å². The maximum Gasteiger partial charge on any atom is 0.258 e. The Morgan fingerprint density at radius 1 is 1.03 bits per heavy atom. The van der Waals surface area contributed by atoms with Crippen LogP contribution in [-0.2, 0) is 6.42 Å². The minimum atomic E-state index is -0.251. The van der Waals surface area contributed by atoms with E-state index in [4.69, 9.17) is 9.47 Å². The fraction of sp³-hybridized carbons (Fsp3) is 0.182. The minimum Gasteiger partial charge on any atom is -0.493 e. The molecule has 0 saturated carbocycles. The van der Waals surface area contributed by atoms with E-state index in [1.165, 1.54) is 21.1 Å². The van der Waals surface area contributed by atoms with Crippen LogP contribution >= 0.6 is 0 Å². The molecule has 146 valence electrons. The van der Waals surface area contributed by atoms with Gasteiger partial charge in [0.05, 0.1) is 30.6 Å². The normalized spacial score (nSPS) is 11.0. The lowest BCUT2D eigenvalue weighted by atomic mass is 10.1. The molecule has 2 heterocycles. The molecule has 7 heteroatoms. The Morgan fingerprint density at radius 2 is 1.79 bits per heavy atom. The second kappa shape index (κ2) is 7.35. The molecule has 0 aliphatic heterocycles. The molecular formula is C22H19N3O4. The Bertz CT molecular complexity index is 1310. The van der Waals surface area contributed by atoms with Crippen LogP contribution in [0.2, 0.25) is 0 Å². The van der Waals surface area contributed by atoms with Gasteiger partial charge in [0.15, 0.2) is 17.3 Å². The maximum atomic E-state index is 12.5. The summed E-state index contributed by atoms with van der Waals surface area (Å²) in [5.41, 5.74) is 2.58. The molecule has 1 N–H and O–H groups in total. The van der Waals surface area contributed by atoms with Crippen molar-refractivity contribution in [3.8, 4) is 11.5 Å². The number of rotatable bonds is 5. The topological polar surface area (TPSA) is 94.2 Å². The van der Waals surface area contributed by atoms with Crippen LogP contribution < -0.4 is 15.0 Å². The third-order valence-corrected chi connectivity index (χ3v) is 4.78. The number of nitrogens with zero attached hydrogens (tertiary/aromatic N) is 2. The van der Waals surface area contributed by atoms with Crippen molar-refractivity contribution in [3.63, 3.8) is 0 Å². The summed E-state index contributed by atoms with van der Waals surface area (Å²) >= 11 is 0. The number of ether oxygens (including phenoxy) is 2. The molecule has 29 heavy (non-hydrogen) atoms. The van der Waals surface area contributed by atoms with E-state index in [1.807, 2.05) is 18.2 Å².